The molecule has 2 aromatic carbocycles. The molecule has 0 amide bonds. The number of hydrogen-bond acceptors (Lipinski definition) is 2. The molecule has 104 valence electrons. The van der Waals surface area contributed by atoms with Gasteiger partial charge in [0.25, 0.3) is 0 Å². The van der Waals surface area contributed by atoms with E-state index >= 15 is 0 Å². The lowest BCUT2D eigenvalue weighted by atomic mass is 9.93. The van der Waals surface area contributed by atoms with E-state index in [9.17, 15) is 0 Å². The predicted molar refractivity (Wildman–Crippen MR) is 85.5 cm³/mol. The van der Waals surface area contributed by atoms with Crippen LogP contribution in [0.25, 0.3) is 0 Å². The third-order valence-corrected chi connectivity index (χ3v) is 4.76. The monoisotopic (exact) mass is 371 g/mol. The standard InChI is InChI=1S/C15H12BrCl2NO/c16-8-4-5-13-10(6-8)12(19)7-14(20-13)9-2-1-3-11(17)15(9)18/h1-6,12,14H,7,19H2/t12-,14?/m1/s1. The van der Waals surface area contributed by atoms with Gasteiger partial charge in [-0.25, -0.2) is 0 Å². The fourth-order valence-corrected chi connectivity index (χ4v) is 3.24. The van der Waals surface area contributed by atoms with Crippen molar-refractivity contribution in [3.8, 4) is 5.75 Å². The van der Waals surface area contributed by atoms with Crippen molar-refractivity contribution in [3.05, 3.63) is 62.0 Å². The largest absolute Gasteiger partial charge is 0.485 e. The zero-order valence-corrected chi connectivity index (χ0v) is 13.5. The normalized spacial score (nSPS) is 21.2. The minimum absolute atomic E-state index is 0.0868. The maximum absolute atomic E-state index is 6.27. The zero-order valence-electron chi connectivity index (χ0n) is 10.4. The number of benzene rings is 2. The van der Waals surface area contributed by atoms with Crippen molar-refractivity contribution in [2.24, 2.45) is 5.73 Å². The number of halogens is 3. The van der Waals surface area contributed by atoms with E-state index in [-0.39, 0.29) is 12.1 Å². The lowest BCUT2D eigenvalue weighted by Gasteiger charge is -2.31. The highest BCUT2D eigenvalue weighted by atomic mass is 79.9. The quantitative estimate of drug-likeness (QED) is 0.738. The third-order valence-electron chi connectivity index (χ3n) is 3.44. The Kier molecular flexibility index (Phi) is 3.95. The van der Waals surface area contributed by atoms with E-state index in [4.69, 9.17) is 33.7 Å². The summed E-state index contributed by atoms with van der Waals surface area (Å²) in [7, 11) is 0. The number of ether oxygens (including phenoxy) is 1. The van der Waals surface area contributed by atoms with E-state index in [2.05, 4.69) is 15.9 Å². The fourth-order valence-electron chi connectivity index (χ4n) is 2.43. The van der Waals surface area contributed by atoms with Crippen LogP contribution in [0.5, 0.6) is 5.75 Å². The Hall–Kier alpha value is -0.740. The summed E-state index contributed by atoms with van der Waals surface area (Å²) in [5, 5.41) is 1.06. The summed E-state index contributed by atoms with van der Waals surface area (Å²) in [5.41, 5.74) is 8.14. The highest BCUT2D eigenvalue weighted by molar-refractivity contribution is 9.10. The van der Waals surface area contributed by atoms with Gasteiger partial charge in [-0.1, -0.05) is 51.3 Å². The van der Waals surface area contributed by atoms with Gasteiger partial charge in [0.2, 0.25) is 0 Å². The number of fused-ring (bicyclic) bond motifs is 1. The maximum atomic E-state index is 6.27. The highest BCUT2D eigenvalue weighted by Gasteiger charge is 2.28. The molecule has 2 nitrogen and oxygen atoms in total. The summed E-state index contributed by atoms with van der Waals surface area (Å²) in [6.07, 6.45) is 0.494. The summed E-state index contributed by atoms with van der Waals surface area (Å²) in [4.78, 5) is 0. The molecule has 5 heteroatoms. The van der Waals surface area contributed by atoms with Gasteiger partial charge >= 0.3 is 0 Å². The summed E-state index contributed by atoms with van der Waals surface area (Å²) < 4.78 is 7.03. The average molecular weight is 373 g/mol. The van der Waals surface area contributed by atoms with Crippen LogP contribution in [-0.2, 0) is 0 Å². The second-order valence-electron chi connectivity index (χ2n) is 4.77. The summed E-state index contributed by atoms with van der Waals surface area (Å²) in [6.45, 7) is 0. The second kappa shape index (κ2) is 5.57. The molecule has 0 saturated carbocycles. The molecule has 0 fully saturated rings. The summed E-state index contributed by atoms with van der Waals surface area (Å²) >= 11 is 15.8. The average Bonchev–Trinajstić information content (AvgIpc) is 2.42. The number of rotatable bonds is 1. The van der Waals surface area contributed by atoms with Crippen molar-refractivity contribution in [1.29, 1.82) is 0 Å². The van der Waals surface area contributed by atoms with Gasteiger partial charge in [-0.05, 0) is 24.3 Å². The Balaban J connectivity index is 1.99. The molecule has 1 unspecified atom stereocenters. The SMILES string of the molecule is N[C@@H]1CC(c2cccc(Cl)c2Cl)Oc2ccc(Br)cc21. The van der Waals surface area contributed by atoms with E-state index in [1.165, 1.54) is 0 Å². The third kappa shape index (κ3) is 2.56. The molecule has 2 N–H and O–H groups in total. The van der Waals surface area contributed by atoms with Crippen molar-refractivity contribution in [2.45, 2.75) is 18.6 Å². The molecule has 0 aromatic heterocycles. The van der Waals surface area contributed by atoms with Gasteiger partial charge in [-0.2, -0.15) is 0 Å². The van der Waals surface area contributed by atoms with Crippen molar-refractivity contribution >= 4 is 39.1 Å². The van der Waals surface area contributed by atoms with Crippen molar-refractivity contribution in [2.75, 3.05) is 0 Å². The van der Waals surface area contributed by atoms with Gasteiger partial charge in [0.05, 0.1) is 10.0 Å². The summed E-state index contributed by atoms with van der Waals surface area (Å²) in [5.74, 6) is 0.799. The van der Waals surface area contributed by atoms with Gasteiger partial charge < -0.3 is 10.5 Å². The minimum atomic E-state index is -0.176. The van der Waals surface area contributed by atoms with E-state index in [1.54, 1.807) is 6.07 Å². The van der Waals surface area contributed by atoms with Crippen molar-refractivity contribution in [3.63, 3.8) is 0 Å². The van der Waals surface area contributed by atoms with E-state index in [0.29, 0.717) is 16.5 Å². The molecule has 1 aliphatic rings. The first-order valence-corrected chi connectivity index (χ1v) is 7.76. The highest BCUT2D eigenvalue weighted by Crippen LogP contribution is 2.43. The van der Waals surface area contributed by atoms with Crippen LogP contribution in [0.2, 0.25) is 10.0 Å². The molecule has 0 radical (unpaired) electrons. The topological polar surface area (TPSA) is 35.2 Å². The molecule has 1 aliphatic heterocycles. The molecule has 0 spiro atoms. The smallest absolute Gasteiger partial charge is 0.127 e. The minimum Gasteiger partial charge on any atom is -0.485 e. The van der Waals surface area contributed by atoms with Crippen molar-refractivity contribution < 1.29 is 4.74 Å². The van der Waals surface area contributed by atoms with Crippen LogP contribution in [0.15, 0.2) is 40.9 Å². The van der Waals surface area contributed by atoms with Crippen LogP contribution in [0.3, 0.4) is 0 Å². The first-order valence-electron chi connectivity index (χ1n) is 6.22. The van der Waals surface area contributed by atoms with E-state index in [1.807, 2.05) is 30.3 Å². The molecule has 3 rings (SSSR count). The Morgan fingerprint density at radius 3 is 2.75 bits per heavy atom. The molecule has 0 aliphatic carbocycles. The molecular weight excluding hydrogens is 361 g/mol. The fraction of sp³-hybridized carbons (Fsp3) is 0.200. The van der Waals surface area contributed by atoms with Crippen LogP contribution >= 0.6 is 39.1 Å². The predicted octanol–water partition coefficient (Wildman–Crippen LogP) is 5.28. The maximum Gasteiger partial charge on any atom is 0.127 e. The van der Waals surface area contributed by atoms with E-state index < -0.39 is 0 Å². The van der Waals surface area contributed by atoms with Crippen LogP contribution in [0, 0.1) is 0 Å². The molecule has 2 aromatic rings. The number of nitrogens with two attached hydrogens (primary N) is 1. The molecule has 1 heterocycles. The lowest BCUT2D eigenvalue weighted by molar-refractivity contribution is 0.161. The summed E-state index contributed by atoms with van der Waals surface area (Å²) in [6, 6.07) is 11.3. The zero-order chi connectivity index (χ0) is 14.3. The van der Waals surface area contributed by atoms with E-state index in [0.717, 1.165) is 21.3 Å². The molecule has 0 saturated heterocycles. The van der Waals surface area contributed by atoms with Crippen LogP contribution in [0.4, 0.5) is 0 Å². The molecular formula is C15H12BrCl2NO. The molecule has 20 heavy (non-hydrogen) atoms. The Morgan fingerprint density at radius 1 is 1.15 bits per heavy atom. The first kappa shape index (κ1) is 14.2. The van der Waals surface area contributed by atoms with Crippen molar-refractivity contribution in [1.82, 2.24) is 0 Å². The van der Waals surface area contributed by atoms with Gasteiger partial charge in [0.15, 0.2) is 0 Å². The Morgan fingerprint density at radius 2 is 1.95 bits per heavy atom. The Bertz CT molecular complexity index is 662. The lowest BCUT2D eigenvalue weighted by Crippen LogP contribution is -2.24. The van der Waals surface area contributed by atoms with Gasteiger partial charge in [-0.3, -0.25) is 0 Å². The molecule has 0 bridgehead atoms. The van der Waals surface area contributed by atoms with Gasteiger partial charge in [0, 0.05) is 28.1 Å². The van der Waals surface area contributed by atoms with Crippen LogP contribution < -0.4 is 10.5 Å². The van der Waals surface area contributed by atoms with Gasteiger partial charge in [0.1, 0.15) is 11.9 Å². The number of hydrogen-bond donors (Lipinski definition) is 1. The molecule has 2 atom stereocenters. The Labute approximate surface area is 136 Å². The van der Waals surface area contributed by atoms with Crippen LogP contribution in [-0.4, -0.2) is 0 Å². The van der Waals surface area contributed by atoms with Crippen LogP contribution in [0.1, 0.15) is 29.7 Å². The van der Waals surface area contributed by atoms with Gasteiger partial charge in [-0.15, -0.1) is 0 Å². The first-order chi connectivity index (χ1) is 9.56. The second-order valence-corrected chi connectivity index (χ2v) is 6.47.